The van der Waals surface area contributed by atoms with E-state index in [9.17, 15) is 20.2 Å². The maximum Gasteiger partial charge on any atom is 0.135 e. The number of nitroso groups, excluding NO2 is 1. The number of hydrogen-bond acceptors (Lipinski definition) is 5. The van der Waals surface area contributed by atoms with Crippen molar-refractivity contribution in [1.82, 2.24) is 0 Å². The Morgan fingerprint density at radius 3 is 2.00 bits per heavy atom. The summed E-state index contributed by atoms with van der Waals surface area (Å²) in [5, 5.41) is 33.8. The highest BCUT2D eigenvalue weighted by molar-refractivity contribution is 6.18. The molecule has 0 spiro atoms. The molecule has 0 aromatic heterocycles. The number of rotatable bonds is 1. The highest BCUT2D eigenvalue weighted by atomic mass is 16.3. The molecule has 94 valence electrons. The van der Waals surface area contributed by atoms with Gasteiger partial charge in [-0.1, -0.05) is 24.3 Å². The first-order chi connectivity index (χ1) is 9.15. The fourth-order valence-corrected chi connectivity index (χ4v) is 2.32. The van der Waals surface area contributed by atoms with Gasteiger partial charge in [-0.2, -0.15) is 0 Å². The zero-order valence-corrected chi connectivity index (χ0v) is 9.66. The number of fused-ring (bicyclic) bond motifs is 2. The number of nitrogens with zero attached hydrogens (tertiary/aromatic N) is 1. The average molecular weight is 255 g/mol. The van der Waals surface area contributed by atoms with E-state index in [2.05, 4.69) is 5.18 Å². The van der Waals surface area contributed by atoms with E-state index in [0.717, 1.165) is 0 Å². The molecule has 0 aliphatic carbocycles. The Hall–Kier alpha value is -2.82. The first kappa shape index (κ1) is 11.3. The number of phenolic OH excluding ortho intramolecular Hbond substituents is 3. The maximum absolute atomic E-state index is 11.1. The maximum atomic E-state index is 11.1. The summed E-state index contributed by atoms with van der Waals surface area (Å²) in [7, 11) is 0. The van der Waals surface area contributed by atoms with Gasteiger partial charge >= 0.3 is 0 Å². The van der Waals surface area contributed by atoms with Gasteiger partial charge in [-0.15, -0.1) is 4.91 Å². The van der Waals surface area contributed by atoms with Crippen LogP contribution in [0.25, 0.3) is 21.5 Å². The van der Waals surface area contributed by atoms with Crippen LogP contribution in [0.4, 0.5) is 5.69 Å². The summed E-state index contributed by atoms with van der Waals surface area (Å²) in [6.07, 6.45) is 0. The zero-order valence-electron chi connectivity index (χ0n) is 9.66. The fraction of sp³-hybridized carbons (Fsp3) is 0. The van der Waals surface area contributed by atoms with Crippen LogP contribution in [0.5, 0.6) is 17.2 Å². The minimum absolute atomic E-state index is 0.00296. The van der Waals surface area contributed by atoms with Crippen LogP contribution < -0.4 is 0 Å². The van der Waals surface area contributed by atoms with Crippen LogP contribution in [-0.4, -0.2) is 15.3 Å². The highest BCUT2D eigenvalue weighted by Crippen LogP contribution is 2.48. The van der Waals surface area contributed by atoms with Crippen molar-refractivity contribution in [3.8, 4) is 17.2 Å². The number of hydrogen-bond donors (Lipinski definition) is 3. The molecule has 3 aromatic rings. The van der Waals surface area contributed by atoms with Gasteiger partial charge in [0.25, 0.3) is 0 Å². The molecule has 0 unspecified atom stereocenters. The third-order valence-electron chi connectivity index (χ3n) is 3.16. The van der Waals surface area contributed by atoms with E-state index >= 15 is 0 Å². The Morgan fingerprint density at radius 1 is 0.789 bits per heavy atom. The molecular formula is C14H9NO4. The Kier molecular flexibility index (Phi) is 2.28. The summed E-state index contributed by atoms with van der Waals surface area (Å²) in [4.78, 5) is 11.1. The molecule has 3 rings (SSSR count). The van der Waals surface area contributed by atoms with E-state index in [1.165, 1.54) is 12.1 Å². The second kappa shape index (κ2) is 3.84. The molecule has 5 nitrogen and oxygen atoms in total. The summed E-state index contributed by atoms with van der Waals surface area (Å²) in [5.74, 6) is -0.629. The zero-order chi connectivity index (χ0) is 13.6. The molecule has 0 saturated heterocycles. The van der Waals surface area contributed by atoms with Crippen molar-refractivity contribution >= 4 is 27.2 Å². The van der Waals surface area contributed by atoms with Gasteiger partial charge in [0.1, 0.15) is 22.9 Å². The number of aromatic hydroxyl groups is 3. The molecule has 5 heteroatoms. The number of phenols is 3. The first-order valence-corrected chi connectivity index (χ1v) is 5.57. The second-order valence-electron chi connectivity index (χ2n) is 4.19. The lowest BCUT2D eigenvalue weighted by Crippen LogP contribution is -1.83. The molecule has 0 bridgehead atoms. The largest absolute Gasteiger partial charge is 0.507 e. The van der Waals surface area contributed by atoms with Crippen molar-refractivity contribution in [2.45, 2.75) is 0 Å². The second-order valence-corrected chi connectivity index (χ2v) is 4.19. The average Bonchev–Trinajstić information content (AvgIpc) is 2.43. The molecule has 0 fully saturated rings. The first-order valence-electron chi connectivity index (χ1n) is 5.57. The third-order valence-corrected chi connectivity index (χ3v) is 3.16. The molecule has 0 amide bonds. The normalized spacial score (nSPS) is 10.9. The lowest BCUT2D eigenvalue weighted by molar-refractivity contribution is 0.460. The van der Waals surface area contributed by atoms with Crippen molar-refractivity contribution in [2.75, 3.05) is 0 Å². The molecule has 3 aromatic carbocycles. The SMILES string of the molecule is O=Nc1c2ccccc2c(O)c2c(O)ccc(O)c12. The molecule has 0 aliphatic heterocycles. The van der Waals surface area contributed by atoms with E-state index in [1.54, 1.807) is 24.3 Å². The minimum atomic E-state index is -0.221. The van der Waals surface area contributed by atoms with E-state index in [4.69, 9.17) is 0 Å². The van der Waals surface area contributed by atoms with Gasteiger partial charge in [0.05, 0.1) is 10.8 Å². The van der Waals surface area contributed by atoms with Crippen LogP contribution in [0.3, 0.4) is 0 Å². The molecule has 0 atom stereocenters. The van der Waals surface area contributed by atoms with E-state index in [1.807, 2.05) is 0 Å². The van der Waals surface area contributed by atoms with Crippen molar-refractivity contribution in [3.05, 3.63) is 41.3 Å². The summed E-state index contributed by atoms with van der Waals surface area (Å²) >= 11 is 0. The molecular weight excluding hydrogens is 246 g/mol. The standard InChI is InChI=1S/C14H9NO4/c16-9-5-6-10(17)12-11(9)13(15-19)7-3-1-2-4-8(7)14(12)18/h1-6,16-18H. The summed E-state index contributed by atoms with van der Waals surface area (Å²) in [6.45, 7) is 0. The quantitative estimate of drug-likeness (QED) is 0.352. The van der Waals surface area contributed by atoms with Gasteiger partial charge in [-0.3, -0.25) is 0 Å². The van der Waals surface area contributed by atoms with Crippen LogP contribution in [-0.2, 0) is 0 Å². The molecule has 0 heterocycles. The fourth-order valence-electron chi connectivity index (χ4n) is 2.32. The predicted octanol–water partition coefficient (Wildman–Crippen LogP) is 3.51. The third kappa shape index (κ3) is 1.41. The van der Waals surface area contributed by atoms with Gasteiger partial charge in [0.15, 0.2) is 0 Å². The van der Waals surface area contributed by atoms with Gasteiger partial charge in [-0.25, -0.2) is 0 Å². The van der Waals surface area contributed by atoms with Crippen molar-refractivity contribution < 1.29 is 15.3 Å². The molecule has 3 N–H and O–H groups in total. The van der Waals surface area contributed by atoms with E-state index in [-0.39, 0.29) is 33.7 Å². The van der Waals surface area contributed by atoms with E-state index in [0.29, 0.717) is 10.8 Å². The van der Waals surface area contributed by atoms with Crippen molar-refractivity contribution in [3.63, 3.8) is 0 Å². The highest BCUT2D eigenvalue weighted by Gasteiger charge is 2.19. The summed E-state index contributed by atoms with van der Waals surface area (Å²) in [5.41, 5.74) is -0.00296. The predicted molar refractivity (Wildman–Crippen MR) is 71.9 cm³/mol. The molecule has 0 radical (unpaired) electrons. The lowest BCUT2D eigenvalue weighted by Gasteiger charge is -2.11. The van der Waals surface area contributed by atoms with Gasteiger partial charge in [0.2, 0.25) is 0 Å². The van der Waals surface area contributed by atoms with Crippen LogP contribution in [0.1, 0.15) is 0 Å². The van der Waals surface area contributed by atoms with Gasteiger partial charge in [-0.05, 0) is 17.3 Å². The van der Waals surface area contributed by atoms with Crippen LogP contribution >= 0.6 is 0 Å². The minimum Gasteiger partial charge on any atom is -0.507 e. The molecule has 0 aliphatic rings. The number of benzene rings is 3. The summed E-state index contributed by atoms with van der Waals surface area (Å²) in [6, 6.07) is 9.13. The molecule has 19 heavy (non-hydrogen) atoms. The van der Waals surface area contributed by atoms with Crippen molar-refractivity contribution in [1.29, 1.82) is 0 Å². The van der Waals surface area contributed by atoms with Crippen LogP contribution in [0.2, 0.25) is 0 Å². The topological polar surface area (TPSA) is 90.1 Å². The Bertz CT molecular complexity index is 827. The van der Waals surface area contributed by atoms with Gasteiger partial charge < -0.3 is 15.3 Å². The Balaban J connectivity index is 2.74. The Labute approximate surface area is 107 Å². The lowest BCUT2D eigenvalue weighted by atomic mass is 9.98. The summed E-state index contributed by atoms with van der Waals surface area (Å²) < 4.78 is 0. The van der Waals surface area contributed by atoms with Crippen LogP contribution in [0, 0.1) is 4.91 Å². The smallest absolute Gasteiger partial charge is 0.135 e. The monoisotopic (exact) mass is 255 g/mol. The molecule has 0 saturated carbocycles. The van der Waals surface area contributed by atoms with Crippen LogP contribution in [0.15, 0.2) is 41.6 Å². The Morgan fingerprint density at radius 2 is 1.37 bits per heavy atom. The van der Waals surface area contributed by atoms with Gasteiger partial charge in [0, 0.05) is 10.8 Å². The van der Waals surface area contributed by atoms with Crippen molar-refractivity contribution in [2.24, 2.45) is 5.18 Å². The van der Waals surface area contributed by atoms with E-state index < -0.39 is 0 Å².